The van der Waals surface area contributed by atoms with Gasteiger partial charge in [0, 0.05) is 38.2 Å². The highest BCUT2D eigenvalue weighted by Crippen LogP contribution is 2.25. The van der Waals surface area contributed by atoms with Crippen molar-refractivity contribution >= 4 is 0 Å². The first-order valence-electron chi connectivity index (χ1n) is 7.47. The molecule has 0 saturated carbocycles. The molecule has 1 fully saturated rings. The van der Waals surface area contributed by atoms with Crippen LogP contribution in [0.25, 0.3) is 0 Å². The molecule has 19 heavy (non-hydrogen) atoms. The average molecular weight is 260 g/mol. The quantitative estimate of drug-likeness (QED) is 0.896. The van der Waals surface area contributed by atoms with Gasteiger partial charge in [0.25, 0.3) is 0 Å². The van der Waals surface area contributed by atoms with Crippen molar-refractivity contribution in [1.29, 1.82) is 0 Å². The molecule has 1 aromatic rings. The van der Waals surface area contributed by atoms with Crippen molar-refractivity contribution in [3.8, 4) is 0 Å². The Labute approximate surface area is 115 Å². The molecule has 0 aromatic heterocycles. The fourth-order valence-corrected chi connectivity index (χ4v) is 3.37. The molecule has 1 N–H and O–H groups in total. The highest BCUT2D eigenvalue weighted by Gasteiger charge is 2.28. The molecule has 0 amide bonds. The lowest BCUT2D eigenvalue weighted by atomic mass is 9.95. The minimum absolute atomic E-state index is 0.627. The highest BCUT2D eigenvalue weighted by molar-refractivity contribution is 5.30. The minimum Gasteiger partial charge on any atom is -0.381 e. The Morgan fingerprint density at radius 2 is 2.00 bits per heavy atom. The van der Waals surface area contributed by atoms with Gasteiger partial charge in [-0.3, -0.25) is 4.90 Å². The first-order chi connectivity index (χ1) is 9.36. The number of nitrogens with zero attached hydrogens (tertiary/aromatic N) is 1. The van der Waals surface area contributed by atoms with E-state index in [-0.39, 0.29) is 0 Å². The van der Waals surface area contributed by atoms with Crippen LogP contribution in [0.5, 0.6) is 0 Å². The van der Waals surface area contributed by atoms with Crippen LogP contribution in [-0.4, -0.2) is 37.2 Å². The maximum atomic E-state index is 5.68. The van der Waals surface area contributed by atoms with Crippen LogP contribution in [0.1, 0.15) is 24.5 Å². The van der Waals surface area contributed by atoms with E-state index in [2.05, 4.69) is 41.4 Å². The topological polar surface area (TPSA) is 24.5 Å². The Morgan fingerprint density at radius 3 is 2.68 bits per heavy atom. The zero-order valence-corrected chi connectivity index (χ0v) is 11.8. The highest BCUT2D eigenvalue weighted by atomic mass is 16.5. The average Bonchev–Trinajstić information content (AvgIpc) is 2.83. The van der Waals surface area contributed by atoms with Crippen molar-refractivity contribution in [2.45, 2.75) is 32.5 Å². The van der Waals surface area contributed by atoms with Gasteiger partial charge in [0.15, 0.2) is 0 Å². The van der Waals surface area contributed by atoms with Gasteiger partial charge in [-0.1, -0.05) is 31.2 Å². The van der Waals surface area contributed by atoms with Crippen LogP contribution in [0.3, 0.4) is 0 Å². The summed E-state index contributed by atoms with van der Waals surface area (Å²) in [5.41, 5.74) is 3.00. The summed E-state index contributed by atoms with van der Waals surface area (Å²) in [5.74, 6) is 0.628. The number of hydrogen-bond donors (Lipinski definition) is 1. The second kappa shape index (κ2) is 6.04. The van der Waals surface area contributed by atoms with E-state index >= 15 is 0 Å². The molecule has 2 atom stereocenters. The lowest BCUT2D eigenvalue weighted by Crippen LogP contribution is -2.46. The van der Waals surface area contributed by atoms with Crippen LogP contribution in [0.2, 0.25) is 0 Å². The summed E-state index contributed by atoms with van der Waals surface area (Å²) in [6.07, 6.45) is 1.15. The van der Waals surface area contributed by atoms with E-state index < -0.39 is 0 Å². The molecule has 104 valence electrons. The number of nitrogens with one attached hydrogen (secondary N) is 1. The summed E-state index contributed by atoms with van der Waals surface area (Å²) in [7, 11) is 0. The van der Waals surface area contributed by atoms with E-state index in [9.17, 15) is 0 Å². The van der Waals surface area contributed by atoms with Crippen molar-refractivity contribution in [3.05, 3.63) is 35.4 Å². The minimum atomic E-state index is 0.627. The predicted octanol–water partition coefficient (Wildman–Crippen LogP) is 2.02. The third kappa shape index (κ3) is 2.99. The molecule has 0 bridgehead atoms. The van der Waals surface area contributed by atoms with Crippen molar-refractivity contribution in [3.63, 3.8) is 0 Å². The summed E-state index contributed by atoms with van der Waals surface area (Å²) in [6, 6.07) is 9.44. The molecule has 1 saturated heterocycles. The van der Waals surface area contributed by atoms with Gasteiger partial charge in [-0.2, -0.15) is 0 Å². The third-order valence-corrected chi connectivity index (χ3v) is 4.34. The van der Waals surface area contributed by atoms with E-state index in [1.807, 2.05) is 0 Å². The molecule has 1 aromatic carbocycles. The van der Waals surface area contributed by atoms with Gasteiger partial charge < -0.3 is 10.1 Å². The Morgan fingerprint density at radius 1 is 1.26 bits per heavy atom. The standard InChI is InChI=1S/C16H24N2O/c1-2-17-16-7-8-19-12-15(16)11-18-9-13-5-3-4-6-14(13)10-18/h3-6,15-17H,2,7-12H2,1H3. The monoisotopic (exact) mass is 260 g/mol. The number of benzene rings is 1. The molecule has 2 heterocycles. The lowest BCUT2D eigenvalue weighted by molar-refractivity contribution is 0.0163. The van der Waals surface area contributed by atoms with Crippen LogP contribution < -0.4 is 5.32 Å². The number of ether oxygens (including phenoxy) is 1. The first kappa shape index (κ1) is 13.1. The molecule has 0 radical (unpaired) electrons. The lowest BCUT2D eigenvalue weighted by Gasteiger charge is -2.34. The second-order valence-electron chi connectivity index (χ2n) is 5.73. The van der Waals surface area contributed by atoms with Crippen molar-refractivity contribution in [2.24, 2.45) is 5.92 Å². The largest absolute Gasteiger partial charge is 0.381 e. The molecule has 0 spiro atoms. The molecular formula is C16H24N2O. The normalized spacial score (nSPS) is 27.4. The SMILES string of the molecule is CCNC1CCOCC1CN1Cc2ccccc2C1. The molecule has 2 aliphatic heterocycles. The van der Waals surface area contributed by atoms with Crippen molar-refractivity contribution in [2.75, 3.05) is 26.3 Å². The van der Waals surface area contributed by atoms with Crippen LogP contribution >= 0.6 is 0 Å². The maximum absolute atomic E-state index is 5.68. The second-order valence-corrected chi connectivity index (χ2v) is 5.73. The smallest absolute Gasteiger partial charge is 0.0521 e. The van der Waals surface area contributed by atoms with Crippen LogP contribution in [0, 0.1) is 5.92 Å². The van der Waals surface area contributed by atoms with E-state index in [1.165, 1.54) is 11.1 Å². The van der Waals surface area contributed by atoms with Gasteiger partial charge in [0.1, 0.15) is 0 Å². The van der Waals surface area contributed by atoms with Gasteiger partial charge >= 0.3 is 0 Å². The van der Waals surface area contributed by atoms with Gasteiger partial charge in [0.2, 0.25) is 0 Å². The van der Waals surface area contributed by atoms with Crippen molar-refractivity contribution < 1.29 is 4.74 Å². The van der Waals surface area contributed by atoms with E-state index in [4.69, 9.17) is 4.74 Å². The van der Waals surface area contributed by atoms with Gasteiger partial charge in [-0.15, -0.1) is 0 Å². The summed E-state index contributed by atoms with van der Waals surface area (Å²) >= 11 is 0. The molecular weight excluding hydrogens is 236 g/mol. The third-order valence-electron chi connectivity index (χ3n) is 4.34. The summed E-state index contributed by atoms with van der Waals surface area (Å²) in [5, 5.41) is 3.62. The Bertz CT molecular complexity index is 394. The number of hydrogen-bond acceptors (Lipinski definition) is 3. The Balaban J connectivity index is 1.60. The van der Waals surface area contributed by atoms with Gasteiger partial charge in [-0.25, -0.2) is 0 Å². The summed E-state index contributed by atoms with van der Waals surface area (Å²) < 4.78 is 5.68. The summed E-state index contributed by atoms with van der Waals surface area (Å²) in [6.45, 7) is 8.42. The molecule has 3 nitrogen and oxygen atoms in total. The molecule has 2 unspecified atom stereocenters. The number of fused-ring (bicyclic) bond motifs is 1. The summed E-state index contributed by atoms with van der Waals surface area (Å²) in [4.78, 5) is 2.56. The number of rotatable bonds is 4. The molecule has 3 rings (SSSR count). The predicted molar refractivity (Wildman–Crippen MR) is 76.9 cm³/mol. The fraction of sp³-hybridized carbons (Fsp3) is 0.625. The van der Waals surface area contributed by atoms with E-state index in [0.717, 1.165) is 45.8 Å². The fourth-order valence-electron chi connectivity index (χ4n) is 3.37. The van der Waals surface area contributed by atoms with E-state index in [1.54, 1.807) is 0 Å². The molecule has 0 aliphatic carbocycles. The molecule has 2 aliphatic rings. The van der Waals surface area contributed by atoms with Crippen LogP contribution in [0.15, 0.2) is 24.3 Å². The van der Waals surface area contributed by atoms with Crippen molar-refractivity contribution in [1.82, 2.24) is 10.2 Å². The van der Waals surface area contributed by atoms with E-state index in [0.29, 0.717) is 12.0 Å². The van der Waals surface area contributed by atoms with Crippen LogP contribution in [0.4, 0.5) is 0 Å². The van der Waals surface area contributed by atoms with Gasteiger partial charge in [-0.05, 0) is 24.1 Å². The Kier molecular flexibility index (Phi) is 4.16. The van der Waals surface area contributed by atoms with Crippen LogP contribution in [-0.2, 0) is 17.8 Å². The maximum Gasteiger partial charge on any atom is 0.0521 e. The first-order valence-corrected chi connectivity index (χ1v) is 7.47. The molecule has 3 heteroatoms. The zero-order chi connectivity index (χ0) is 13.1. The Hall–Kier alpha value is -0.900. The van der Waals surface area contributed by atoms with Gasteiger partial charge in [0.05, 0.1) is 6.61 Å². The zero-order valence-electron chi connectivity index (χ0n) is 11.8.